The number of nitrogens with one attached hydrogen (secondary N) is 2. The summed E-state index contributed by atoms with van der Waals surface area (Å²) in [5.41, 5.74) is 2.21. The molecular weight excluding hydrogens is 236 g/mol. The number of methoxy groups -OCH3 is 1. The smallest absolute Gasteiger partial charge is 0.119 e. The Labute approximate surface area is 116 Å². The molecule has 2 rings (SSSR count). The van der Waals surface area contributed by atoms with E-state index in [-0.39, 0.29) is 0 Å². The van der Waals surface area contributed by atoms with E-state index in [1.165, 1.54) is 12.8 Å². The Morgan fingerprint density at radius 2 is 2.37 bits per heavy atom. The summed E-state index contributed by atoms with van der Waals surface area (Å²) in [6, 6.07) is 6.60. The Balaban J connectivity index is 1.96. The molecule has 2 N–H and O–H groups in total. The molecule has 1 aromatic rings. The zero-order valence-corrected chi connectivity index (χ0v) is 11.9. The fourth-order valence-corrected chi connectivity index (χ4v) is 2.61. The molecule has 0 aliphatic carbocycles. The molecule has 2 unspecified atom stereocenters. The van der Waals surface area contributed by atoms with Crippen LogP contribution in [0.25, 0.3) is 6.08 Å². The maximum absolute atomic E-state index is 5.23. The van der Waals surface area contributed by atoms with E-state index in [1.807, 2.05) is 18.2 Å². The van der Waals surface area contributed by atoms with Crippen molar-refractivity contribution in [3.05, 3.63) is 30.3 Å². The molecule has 0 radical (unpaired) electrons. The van der Waals surface area contributed by atoms with E-state index in [9.17, 15) is 0 Å². The van der Waals surface area contributed by atoms with E-state index in [1.54, 1.807) is 7.11 Å². The van der Waals surface area contributed by atoms with Crippen molar-refractivity contribution in [2.45, 2.75) is 25.8 Å². The summed E-state index contributed by atoms with van der Waals surface area (Å²) in [5.74, 6) is 1.69. The van der Waals surface area contributed by atoms with Crippen molar-refractivity contribution in [2.75, 3.05) is 25.5 Å². The molecule has 3 nitrogen and oxygen atoms in total. The van der Waals surface area contributed by atoms with Crippen LogP contribution in [0.5, 0.6) is 5.75 Å². The van der Waals surface area contributed by atoms with Crippen molar-refractivity contribution < 1.29 is 4.74 Å². The summed E-state index contributed by atoms with van der Waals surface area (Å²) in [6.07, 6.45) is 4.39. The van der Waals surface area contributed by atoms with Crippen LogP contribution < -0.4 is 15.4 Å². The molecule has 0 aromatic heterocycles. The number of rotatable bonds is 5. The Kier molecular flexibility index (Phi) is 4.86. The molecular formula is C16H24N2O. The summed E-state index contributed by atoms with van der Waals surface area (Å²) < 4.78 is 5.23. The molecule has 0 amide bonds. The van der Waals surface area contributed by atoms with Gasteiger partial charge in [0.05, 0.1) is 7.11 Å². The summed E-state index contributed by atoms with van der Waals surface area (Å²) in [4.78, 5) is 0. The summed E-state index contributed by atoms with van der Waals surface area (Å²) in [5, 5.41) is 7.08. The van der Waals surface area contributed by atoms with Gasteiger partial charge in [-0.25, -0.2) is 0 Å². The Morgan fingerprint density at radius 3 is 3.05 bits per heavy atom. The normalized spacial score (nSPS) is 22.8. The first kappa shape index (κ1) is 13.9. The highest BCUT2D eigenvalue weighted by Gasteiger charge is 2.17. The maximum Gasteiger partial charge on any atom is 0.119 e. The van der Waals surface area contributed by atoms with E-state index in [2.05, 4.69) is 30.2 Å². The largest absolute Gasteiger partial charge is 0.497 e. The number of benzene rings is 1. The first-order valence-corrected chi connectivity index (χ1v) is 7.00. The van der Waals surface area contributed by atoms with Gasteiger partial charge in [-0.15, -0.1) is 0 Å². The lowest BCUT2D eigenvalue weighted by Gasteiger charge is -2.28. The van der Waals surface area contributed by atoms with Crippen LogP contribution in [-0.4, -0.2) is 26.2 Å². The third kappa shape index (κ3) is 3.74. The first-order valence-electron chi connectivity index (χ1n) is 7.00. The molecule has 104 valence electrons. The lowest BCUT2D eigenvalue weighted by molar-refractivity contribution is 0.329. The van der Waals surface area contributed by atoms with Crippen LogP contribution in [0.15, 0.2) is 24.8 Å². The molecule has 2 atom stereocenters. The van der Waals surface area contributed by atoms with Crippen molar-refractivity contribution in [3.8, 4) is 5.75 Å². The summed E-state index contributed by atoms with van der Waals surface area (Å²) in [6.45, 7) is 8.28. The summed E-state index contributed by atoms with van der Waals surface area (Å²) in [7, 11) is 1.68. The average molecular weight is 260 g/mol. The van der Waals surface area contributed by atoms with Gasteiger partial charge in [0.25, 0.3) is 0 Å². The number of anilines is 1. The van der Waals surface area contributed by atoms with Gasteiger partial charge in [0.1, 0.15) is 5.75 Å². The average Bonchev–Trinajstić information content (AvgIpc) is 2.45. The van der Waals surface area contributed by atoms with Crippen LogP contribution in [0.2, 0.25) is 0 Å². The van der Waals surface area contributed by atoms with Gasteiger partial charge >= 0.3 is 0 Å². The number of piperidine rings is 1. The highest BCUT2D eigenvalue weighted by molar-refractivity contribution is 5.67. The third-order valence-electron chi connectivity index (χ3n) is 3.77. The third-order valence-corrected chi connectivity index (χ3v) is 3.77. The van der Waals surface area contributed by atoms with Gasteiger partial charge in [0.2, 0.25) is 0 Å². The SMILES string of the molecule is C=Cc1cc(OC)ccc1NCC1CC(C)CCN1. The van der Waals surface area contributed by atoms with Crippen molar-refractivity contribution in [3.63, 3.8) is 0 Å². The van der Waals surface area contributed by atoms with E-state index < -0.39 is 0 Å². The molecule has 1 fully saturated rings. The summed E-state index contributed by atoms with van der Waals surface area (Å²) >= 11 is 0. The predicted octanol–water partition coefficient (Wildman–Crippen LogP) is 3.14. The highest BCUT2D eigenvalue weighted by atomic mass is 16.5. The highest BCUT2D eigenvalue weighted by Crippen LogP contribution is 2.23. The van der Waals surface area contributed by atoms with Gasteiger partial charge in [-0.3, -0.25) is 0 Å². The van der Waals surface area contributed by atoms with Crippen LogP contribution in [0, 0.1) is 5.92 Å². The standard InChI is InChI=1S/C16H24N2O/c1-4-13-10-15(19-3)5-6-16(13)18-11-14-9-12(2)7-8-17-14/h4-6,10,12,14,17-18H,1,7-9,11H2,2-3H3. The molecule has 19 heavy (non-hydrogen) atoms. The second-order valence-electron chi connectivity index (χ2n) is 5.32. The quantitative estimate of drug-likeness (QED) is 0.853. The van der Waals surface area contributed by atoms with E-state index in [0.717, 1.165) is 36.0 Å². The van der Waals surface area contributed by atoms with Gasteiger partial charge < -0.3 is 15.4 Å². The van der Waals surface area contributed by atoms with Crippen molar-refractivity contribution in [1.82, 2.24) is 5.32 Å². The topological polar surface area (TPSA) is 33.3 Å². The molecule has 0 saturated carbocycles. The Bertz CT molecular complexity index is 431. The Morgan fingerprint density at radius 1 is 1.53 bits per heavy atom. The van der Waals surface area contributed by atoms with E-state index in [0.29, 0.717) is 6.04 Å². The van der Waals surface area contributed by atoms with E-state index >= 15 is 0 Å². The molecule has 0 bridgehead atoms. The molecule has 1 heterocycles. The number of ether oxygens (including phenoxy) is 1. The van der Waals surface area contributed by atoms with Crippen molar-refractivity contribution in [2.24, 2.45) is 5.92 Å². The van der Waals surface area contributed by atoms with Crippen LogP contribution in [0.1, 0.15) is 25.3 Å². The van der Waals surface area contributed by atoms with Crippen LogP contribution in [-0.2, 0) is 0 Å². The minimum atomic E-state index is 0.559. The van der Waals surface area contributed by atoms with Gasteiger partial charge in [-0.2, -0.15) is 0 Å². The molecule has 1 saturated heterocycles. The first-order chi connectivity index (χ1) is 9.22. The predicted molar refractivity (Wildman–Crippen MR) is 81.8 cm³/mol. The van der Waals surface area contributed by atoms with Crippen LogP contribution in [0.3, 0.4) is 0 Å². The van der Waals surface area contributed by atoms with Crippen molar-refractivity contribution >= 4 is 11.8 Å². The van der Waals surface area contributed by atoms with Gasteiger partial charge in [0.15, 0.2) is 0 Å². The molecule has 3 heteroatoms. The van der Waals surface area contributed by atoms with Gasteiger partial charge in [-0.1, -0.05) is 19.6 Å². The zero-order valence-electron chi connectivity index (χ0n) is 11.9. The number of hydrogen-bond acceptors (Lipinski definition) is 3. The zero-order chi connectivity index (χ0) is 13.7. The fraction of sp³-hybridized carbons (Fsp3) is 0.500. The minimum absolute atomic E-state index is 0.559. The minimum Gasteiger partial charge on any atom is -0.497 e. The van der Waals surface area contributed by atoms with Crippen molar-refractivity contribution in [1.29, 1.82) is 0 Å². The molecule has 0 spiro atoms. The van der Waals surface area contributed by atoms with Crippen LogP contribution >= 0.6 is 0 Å². The van der Waals surface area contributed by atoms with E-state index in [4.69, 9.17) is 4.74 Å². The number of hydrogen-bond donors (Lipinski definition) is 2. The fourth-order valence-electron chi connectivity index (χ4n) is 2.61. The van der Waals surface area contributed by atoms with Crippen LogP contribution in [0.4, 0.5) is 5.69 Å². The molecule has 1 aromatic carbocycles. The Hall–Kier alpha value is -1.48. The lowest BCUT2D eigenvalue weighted by Crippen LogP contribution is -2.41. The monoisotopic (exact) mass is 260 g/mol. The molecule has 1 aliphatic heterocycles. The lowest BCUT2D eigenvalue weighted by atomic mass is 9.94. The second kappa shape index (κ2) is 6.62. The van der Waals surface area contributed by atoms with Gasteiger partial charge in [-0.05, 0) is 43.5 Å². The maximum atomic E-state index is 5.23. The second-order valence-corrected chi connectivity index (χ2v) is 5.32. The van der Waals surface area contributed by atoms with Gasteiger partial charge in [0, 0.05) is 23.8 Å². The molecule has 1 aliphatic rings.